The van der Waals surface area contributed by atoms with Crippen molar-refractivity contribution in [3.8, 4) is 11.5 Å². The Kier molecular flexibility index (Phi) is 5.34. The van der Waals surface area contributed by atoms with Gasteiger partial charge < -0.3 is 15.2 Å². The molecule has 0 heterocycles. The Hall–Kier alpha value is -1.42. The molecular weight excluding hydrogens is 309 g/mol. The molecule has 112 valence electrons. The normalized spacial score (nSPS) is 12.0. The maximum atomic E-state index is 6.26. The van der Waals surface area contributed by atoms with Crippen molar-refractivity contribution in [1.29, 1.82) is 0 Å². The van der Waals surface area contributed by atoms with Crippen LogP contribution in [0.2, 0.25) is 10.0 Å². The van der Waals surface area contributed by atoms with E-state index in [-0.39, 0.29) is 6.04 Å². The largest absolute Gasteiger partial charge is 0.493 e. The number of hydrogen-bond donors (Lipinski definition) is 1. The molecule has 1 unspecified atom stereocenters. The average molecular weight is 326 g/mol. The van der Waals surface area contributed by atoms with Crippen LogP contribution in [0, 0.1) is 0 Å². The highest BCUT2D eigenvalue weighted by atomic mass is 35.5. The van der Waals surface area contributed by atoms with E-state index in [1.54, 1.807) is 20.3 Å². The first kappa shape index (κ1) is 16.0. The Labute approximate surface area is 134 Å². The number of ether oxygens (including phenoxy) is 2. The standard InChI is InChI=1S/C16H17Cl2NO2/c1-20-14-7-6-10(9-15(14)21-2)13(19)8-11-4-3-5-12(17)16(11)18/h3-7,9,13H,8,19H2,1-2H3. The van der Waals surface area contributed by atoms with E-state index >= 15 is 0 Å². The number of methoxy groups -OCH3 is 2. The van der Waals surface area contributed by atoms with E-state index in [9.17, 15) is 0 Å². The Bertz CT molecular complexity index is 632. The van der Waals surface area contributed by atoms with E-state index < -0.39 is 0 Å². The van der Waals surface area contributed by atoms with Crippen LogP contribution in [0.25, 0.3) is 0 Å². The van der Waals surface area contributed by atoms with Gasteiger partial charge in [0.1, 0.15) is 0 Å². The van der Waals surface area contributed by atoms with E-state index in [1.165, 1.54) is 0 Å². The van der Waals surface area contributed by atoms with Gasteiger partial charge in [0.2, 0.25) is 0 Å². The molecule has 0 aliphatic rings. The van der Waals surface area contributed by atoms with Crippen molar-refractivity contribution in [2.45, 2.75) is 12.5 Å². The minimum absolute atomic E-state index is 0.208. The van der Waals surface area contributed by atoms with Gasteiger partial charge in [-0.25, -0.2) is 0 Å². The zero-order valence-corrected chi connectivity index (χ0v) is 13.4. The van der Waals surface area contributed by atoms with Crippen molar-refractivity contribution in [3.05, 3.63) is 57.6 Å². The molecule has 0 fully saturated rings. The number of nitrogens with two attached hydrogens (primary N) is 1. The zero-order chi connectivity index (χ0) is 15.4. The SMILES string of the molecule is COc1ccc(C(N)Cc2cccc(Cl)c2Cl)cc1OC. The first-order valence-electron chi connectivity index (χ1n) is 6.47. The fourth-order valence-corrected chi connectivity index (χ4v) is 2.54. The van der Waals surface area contributed by atoms with Crippen LogP contribution in [-0.4, -0.2) is 14.2 Å². The van der Waals surface area contributed by atoms with Crippen molar-refractivity contribution in [2.75, 3.05) is 14.2 Å². The molecule has 1 atom stereocenters. The summed E-state index contributed by atoms with van der Waals surface area (Å²) in [5, 5.41) is 1.09. The molecule has 3 nitrogen and oxygen atoms in total. The van der Waals surface area contributed by atoms with E-state index in [0.29, 0.717) is 28.0 Å². The van der Waals surface area contributed by atoms with Crippen LogP contribution in [0.15, 0.2) is 36.4 Å². The quantitative estimate of drug-likeness (QED) is 0.893. The molecule has 2 rings (SSSR count). The lowest BCUT2D eigenvalue weighted by molar-refractivity contribution is 0.354. The molecule has 0 spiro atoms. The summed E-state index contributed by atoms with van der Waals surface area (Å²) < 4.78 is 10.5. The molecule has 2 aromatic rings. The number of benzene rings is 2. The summed E-state index contributed by atoms with van der Waals surface area (Å²) in [4.78, 5) is 0. The van der Waals surface area contributed by atoms with Gasteiger partial charge in [-0.05, 0) is 35.7 Å². The Morgan fingerprint density at radius 3 is 2.43 bits per heavy atom. The number of rotatable bonds is 5. The third-order valence-corrected chi connectivity index (χ3v) is 4.17. The van der Waals surface area contributed by atoms with Crippen molar-refractivity contribution in [2.24, 2.45) is 5.73 Å². The summed E-state index contributed by atoms with van der Waals surface area (Å²) in [5.41, 5.74) is 8.13. The second-order valence-corrected chi connectivity index (χ2v) is 5.42. The van der Waals surface area contributed by atoms with Crippen molar-refractivity contribution in [1.82, 2.24) is 0 Å². The summed E-state index contributed by atoms with van der Waals surface area (Å²) in [6, 6.07) is 11.0. The minimum Gasteiger partial charge on any atom is -0.493 e. The first-order valence-corrected chi connectivity index (χ1v) is 7.22. The molecule has 2 N–H and O–H groups in total. The predicted octanol–water partition coefficient (Wildman–Crippen LogP) is 4.25. The molecule has 5 heteroatoms. The summed E-state index contributed by atoms with van der Waals surface area (Å²) in [7, 11) is 3.20. The van der Waals surface area contributed by atoms with Crippen molar-refractivity contribution in [3.63, 3.8) is 0 Å². The van der Waals surface area contributed by atoms with Gasteiger partial charge in [-0.2, -0.15) is 0 Å². The van der Waals surface area contributed by atoms with Crippen LogP contribution in [0.4, 0.5) is 0 Å². The van der Waals surface area contributed by atoms with Crippen LogP contribution in [0.3, 0.4) is 0 Å². The van der Waals surface area contributed by atoms with Crippen LogP contribution in [0.5, 0.6) is 11.5 Å². The van der Waals surface area contributed by atoms with Gasteiger partial charge in [-0.15, -0.1) is 0 Å². The Morgan fingerprint density at radius 1 is 1.05 bits per heavy atom. The maximum absolute atomic E-state index is 6.26. The van der Waals surface area contributed by atoms with Gasteiger partial charge in [-0.1, -0.05) is 41.4 Å². The second-order valence-electron chi connectivity index (χ2n) is 4.64. The summed E-state index contributed by atoms with van der Waals surface area (Å²) >= 11 is 12.2. The highest BCUT2D eigenvalue weighted by Crippen LogP contribution is 2.32. The second kappa shape index (κ2) is 7.03. The topological polar surface area (TPSA) is 44.5 Å². The van der Waals surface area contributed by atoms with Crippen LogP contribution in [0.1, 0.15) is 17.2 Å². The van der Waals surface area contributed by atoms with Crippen LogP contribution in [-0.2, 0) is 6.42 Å². The molecule has 21 heavy (non-hydrogen) atoms. The maximum Gasteiger partial charge on any atom is 0.161 e. The molecule has 0 aliphatic carbocycles. The van der Waals surface area contributed by atoms with Gasteiger partial charge in [-0.3, -0.25) is 0 Å². The molecule has 0 bridgehead atoms. The molecular formula is C16H17Cl2NO2. The zero-order valence-electron chi connectivity index (χ0n) is 11.9. The summed E-state index contributed by atoms with van der Waals surface area (Å²) in [6.45, 7) is 0. The third-order valence-electron chi connectivity index (χ3n) is 3.31. The fourth-order valence-electron chi connectivity index (χ4n) is 2.14. The highest BCUT2D eigenvalue weighted by molar-refractivity contribution is 6.42. The summed E-state index contributed by atoms with van der Waals surface area (Å²) in [6.07, 6.45) is 0.592. The Balaban J connectivity index is 2.24. The lowest BCUT2D eigenvalue weighted by Gasteiger charge is -2.16. The predicted molar refractivity (Wildman–Crippen MR) is 86.6 cm³/mol. The smallest absolute Gasteiger partial charge is 0.161 e. The minimum atomic E-state index is -0.208. The van der Waals surface area contributed by atoms with E-state index in [4.69, 9.17) is 38.4 Å². The highest BCUT2D eigenvalue weighted by Gasteiger charge is 2.13. The molecule has 0 saturated carbocycles. The Morgan fingerprint density at radius 2 is 1.76 bits per heavy atom. The van der Waals surface area contributed by atoms with Gasteiger partial charge in [0.05, 0.1) is 24.3 Å². The third kappa shape index (κ3) is 3.62. The van der Waals surface area contributed by atoms with Crippen molar-refractivity contribution < 1.29 is 9.47 Å². The van der Waals surface area contributed by atoms with Gasteiger partial charge in [0.15, 0.2) is 11.5 Å². The van der Waals surface area contributed by atoms with E-state index in [1.807, 2.05) is 30.3 Å². The summed E-state index contributed by atoms with van der Waals surface area (Å²) in [5.74, 6) is 1.33. The molecule has 0 amide bonds. The monoisotopic (exact) mass is 325 g/mol. The van der Waals surface area contributed by atoms with E-state index in [0.717, 1.165) is 11.1 Å². The average Bonchev–Trinajstić information content (AvgIpc) is 2.51. The van der Waals surface area contributed by atoms with Gasteiger partial charge in [0, 0.05) is 6.04 Å². The van der Waals surface area contributed by atoms with Crippen molar-refractivity contribution >= 4 is 23.2 Å². The number of hydrogen-bond acceptors (Lipinski definition) is 3. The molecule has 0 radical (unpaired) electrons. The van der Waals surface area contributed by atoms with Gasteiger partial charge >= 0.3 is 0 Å². The first-order chi connectivity index (χ1) is 10.1. The lowest BCUT2D eigenvalue weighted by atomic mass is 9.99. The van der Waals surface area contributed by atoms with E-state index in [2.05, 4.69) is 0 Å². The van der Waals surface area contributed by atoms with Crippen LogP contribution < -0.4 is 15.2 Å². The molecule has 2 aromatic carbocycles. The molecule has 0 saturated heterocycles. The number of halogens is 2. The van der Waals surface area contributed by atoms with Gasteiger partial charge in [0.25, 0.3) is 0 Å². The fraction of sp³-hybridized carbons (Fsp3) is 0.250. The molecule has 0 aliphatic heterocycles. The lowest BCUT2D eigenvalue weighted by Crippen LogP contribution is -2.14. The van der Waals surface area contributed by atoms with Crippen LogP contribution >= 0.6 is 23.2 Å². The molecule has 0 aromatic heterocycles.